The number of aliphatic hydroxyl groups excluding tert-OH is 1. The van der Waals surface area contributed by atoms with Gasteiger partial charge in [-0.25, -0.2) is 0 Å². The summed E-state index contributed by atoms with van der Waals surface area (Å²) in [5.41, 5.74) is 0. The fraction of sp³-hybridized carbons (Fsp3) is 1.00. The van der Waals surface area contributed by atoms with E-state index < -0.39 is 0 Å². The third-order valence-corrected chi connectivity index (χ3v) is 2.59. The Kier molecular flexibility index (Phi) is 3.98. The van der Waals surface area contributed by atoms with Crippen LogP contribution in [0.15, 0.2) is 0 Å². The van der Waals surface area contributed by atoms with Gasteiger partial charge in [-0.1, -0.05) is 13.3 Å². The van der Waals surface area contributed by atoms with Gasteiger partial charge in [-0.15, -0.1) is 0 Å². The molecule has 1 fully saturated rings. The Hall–Kier alpha value is -0.120. The summed E-state index contributed by atoms with van der Waals surface area (Å²) >= 11 is 0. The minimum atomic E-state index is -0.113. The molecule has 0 saturated carbocycles. The summed E-state index contributed by atoms with van der Waals surface area (Å²) in [6.07, 6.45) is 2.10. The molecular formula is C9H18O3. The zero-order valence-electron chi connectivity index (χ0n) is 7.82. The molecule has 0 bridgehead atoms. The molecule has 1 saturated heterocycles. The topological polar surface area (TPSA) is 38.7 Å². The van der Waals surface area contributed by atoms with Crippen molar-refractivity contribution in [2.45, 2.75) is 32.0 Å². The summed E-state index contributed by atoms with van der Waals surface area (Å²) in [6, 6.07) is 0. The van der Waals surface area contributed by atoms with E-state index in [2.05, 4.69) is 6.92 Å². The predicted molar refractivity (Wildman–Crippen MR) is 46.0 cm³/mol. The van der Waals surface area contributed by atoms with Crippen molar-refractivity contribution in [3.05, 3.63) is 0 Å². The minimum Gasteiger partial charge on any atom is -0.394 e. The van der Waals surface area contributed by atoms with Crippen molar-refractivity contribution < 1.29 is 14.6 Å². The number of aliphatic hydroxyl groups is 1. The Morgan fingerprint density at radius 1 is 1.58 bits per heavy atom. The SMILES string of the molecule is CCC1COC(CO)C(OC)C1. The van der Waals surface area contributed by atoms with Crippen molar-refractivity contribution in [2.75, 3.05) is 20.3 Å². The third-order valence-electron chi connectivity index (χ3n) is 2.59. The van der Waals surface area contributed by atoms with E-state index in [1.165, 1.54) is 0 Å². The number of ether oxygens (including phenoxy) is 2. The molecule has 1 rings (SSSR count). The van der Waals surface area contributed by atoms with Crippen LogP contribution in [0.25, 0.3) is 0 Å². The van der Waals surface area contributed by atoms with Gasteiger partial charge >= 0.3 is 0 Å². The second-order valence-electron chi connectivity index (χ2n) is 3.34. The van der Waals surface area contributed by atoms with E-state index in [4.69, 9.17) is 14.6 Å². The molecule has 0 aliphatic carbocycles. The lowest BCUT2D eigenvalue weighted by atomic mass is 9.94. The summed E-state index contributed by atoms with van der Waals surface area (Å²) in [4.78, 5) is 0. The zero-order valence-corrected chi connectivity index (χ0v) is 7.82. The second kappa shape index (κ2) is 4.80. The molecule has 0 aromatic heterocycles. The second-order valence-corrected chi connectivity index (χ2v) is 3.34. The minimum absolute atomic E-state index is 0.0644. The van der Waals surface area contributed by atoms with Gasteiger partial charge in [0.1, 0.15) is 6.10 Å². The lowest BCUT2D eigenvalue weighted by Gasteiger charge is -2.34. The van der Waals surface area contributed by atoms with Crippen molar-refractivity contribution >= 4 is 0 Å². The summed E-state index contributed by atoms with van der Waals surface area (Å²) in [5, 5.41) is 8.95. The van der Waals surface area contributed by atoms with Crippen LogP contribution in [0.4, 0.5) is 0 Å². The normalized spacial score (nSPS) is 36.8. The van der Waals surface area contributed by atoms with Crippen molar-refractivity contribution in [2.24, 2.45) is 5.92 Å². The molecule has 1 heterocycles. The zero-order chi connectivity index (χ0) is 8.97. The van der Waals surface area contributed by atoms with Crippen molar-refractivity contribution in [1.29, 1.82) is 0 Å². The molecule has 3 heteroatoms. The summed E-state index contributed by atoms with van der Waals surface area (Å²) in [7, 11) is 1.68. The summed E-state index contributed by atoms with van der Waals surface area (Å²) in [6.45, 7) is 2.98. The number of rotatable bonds is 3. The molecule has 0 amide bonds. The van der Waals surface area contributed by atoms with Gasteiger partial charge in [0.05, 0.1) is 19.3 Å². The van der Waals surface area contributed by atoms with Crippen LogP contribution < -0.4 is 0 Å². The quantitative estimate of drug-likeness (QED) is 0.688. The smallest absolute Gasteiger partial charge is 0.107 e. The highest BCUT2D eigenvalue weighted by molar-refractivity contribution is 4.78. The van der Waals surface area contributed by atoms with E-state index in [-0.39, 0.29) is 18.8 Å². The van der Waals surface area contributed by atoms with Crippen LogP contribution in [0.2, 0.25) is 0 Å². The maximum atomic E-state index is 8.95. The van der Waals surface area contributed by atoms with Gasteiger partial charge in [0.2, 0.25) is 0 Å². The molecule has 3 atom stereocenters. The van der Waals surface area contributed by atoms with Crippen LogP contribution in [-0.2, 0) is 9.47 Å². The fourth-order valence-electron chi connectivity index (χ4n) is 1.62. The van der Waals surface area contributed by atoms with Gasteiger partial charge < -0.3 is 14.6 Å². The molecule has 0 aromatic rings. The highest BCUT2D eigenvalue weighted by Gasteiger charge is 2.29. The predicted octanol–water partition coefficient (Wildman–Crippen LogP) is 0.809. The highest BCUT2D eigenvalue weighted by atomic mass is 16.5. The van der Waals surface area contributed by atoms with E-state index >= 15 is 0 Å². The molecule has 12 heavy (non-hydrogen) atoms. The molecule has 3 nitrogen and oxygen atoms in total. The largest absolute Gasteiger partial charge is 0.394 e. The summed E-state index contributed by atoms with van der Waals surface area (Å²) < 4.78 is 10.7. The van der Waals surface area contributed by atoms with E-state index in [0.717, 1.165) is 19.4 Å². The van der Waals surface area contributed by atoms with E-state index in [1.54, 1.807) is 7.11 Å². The summed E-state index contributed by atoms with van der Waals surface area (Å²) in [5.74, 6) is 0.595. The molecular weight excluding hydrogens is 156 g/mol. The van der Waals surface area contributed by atoms with E-state index in [9.17, 15) is 0 Å². The molecule has 3 unspecified atom stereocenters. The maximum Gasteiger partial charge on any atom is 0.107 e. The standard InChI is InChI=1S/C9H18O3/c1-3-7-4-8(11-2)9(5-10)12-6-7/h7-10H,3-6H2,1-2H3. The first-order valence-corrected chi connectivity index (χ1v) is 4.57. The Bertz CT molecular complexity index is 127. The molecule has 0 aromatic carbocycles. The lowest BCUT2D eigenvalue weighted by molar-refractivity contribution is -0.129. The van der Waals surface area contributed by atoms with Gasteiger partial charge in [0.15, 0.2) is 0 Å². The van der Waals surface area contributed by atoms with Gasteiger partial charge in [-0.05, 0) is 12.3 Å². The first-order valence-electron chi connectivity index (χ1n) is 4.57. The van der Waals surface area contributed by atoms with Gasteiger partial charge in [-0.3, -0.25) is 0 Å². The number of methoxy groups -OCH3 is 1. The Morgan fingerprint density at radius 2 is 2.33 bits per heavy atom. The number of hydrogen-bond acceptors (Lipinski definition) is 3. The van der Waals surface area contributed by atoms with Crippen LogP contribution in [-0.4, -0.2) is 37.6 Å². The fourth-order valence-corrected chi connectivity index (χ4v) is 1.62. The molecule has 1 aliphatic rings. The molecule has 72 valence electrons. The third kappa shape index (κ3) is 2.19. The average molecular weight is 174 g/mol. The van der Waals surface area contributed by atoms with Crippen molar-refractivity contribution in [3.8, 4) is 0 Å². The van der Waals surface area contributed by atoms with Crippen LogP contribution in [0.5, 0.6) is 0 Å². The Balaban J connectivity index is 2.41. The van der Waals surface area contributed by atoms with Crippen LogP contribution in [0.1, 0.15) is 19.8 Å². The maximum absolute atomic E-state index is 8.95. The van der Waals surface area contributed by atoms with Gasteiger partial charge in [0.25, 0.3) is 0 Å². The van der Waals surface area contributed by atoms with Crippen LogP contribution in [0.3, 0.4) is 0 Å². The first kappa shape index (κ1) is 9.96. The molecule has 0 radical (unpaired) electrons. The van der Waals surface area contributed by atoms with Gasteiger partial charge in [0, 0.05) is 7.11 Å². The monoisotopic (exact) mass is 174 g/mol. The average Bonchev–Trinajstić information content (AvgIpc) is 2.16. The Morgan fingerprint density at radius 3 is 2.83 bits per heavy atom. The van der Waals surface area contributed by atoms with Gasteiger partial charge in [-0.2, -0.15) is 0 Å². The van der Waals surface area contributed by atoms with Crippen molar-refractivity contribution in [1.82, 2.24) is 0 Å². The highest BCUT2D eigenvalue weighted by Crippen LogP contribution is 2.23. The number of hydrogen-bond donors (Lipinski definition) is 1. The van der Waals surface area contributed by atoms with E-state index in [0.29, 0.717) is 5.92 Å². The van der Waals surface area contributed by atoms with Crippen LogP contribution in [0, 0.1) is 5.92 Å². The molecule has 0 spiro atoms. The first-order chi connectivity index (χ1) is 5.81. The molecule has 1 aliphatic heterocycles. The van der Waals surface area contributed by atoms with E-state index in [1.807, 2.05) is 0 Å². The molecule has 1 N–H and O–H groups in total. The lowest BCUT2D eigenvalue weighted by Crippen LogP contribution is -2.41. The Labute approximate surface area is 73.7 Å². The van der Waals surface area contributed by atoms with Crippen LogP contribution >= 0.6 is 0 Å². The van der Waals surface area contributed by atoms with Crippen molar-refractivity contribution in [3.63, 3.8) is 0 Å².